The highest BCUT2D eigenvalue weighted by molar-refractivity contribution is 7.13. The SMILES string of the molecule is CC(C)C(C(=O)N1CCC[C@H]1C(=O)NCc1ccc(-c2scnc2C2CC2)cc1)N1Cc2ccccc2C1=O. The second-order valence-corrected chi connectivity index (χ2v) is 12.1. The van der Waals surface area contributed by atoms with Crippen molar-refractivity contribution in [3.8, 4) is 10.4 Å². The second kappa shape index (κ2) is 10.6. The van der Waals surface area contributed by atoms with Crippen molar-refractivity contribution in [2.75, 3.05) is 6.54 Å². The van der Waals surface area contributed by atoms with Gasteiger partial charge in [0, 0.05) is 31.1 Å². The Kier molecular flexibility index (Phi) is 6.97. The minimum absolute atomic E-state index is 0.0717. The van der Waals surface area contributed by atoms with Gasteiger partial charge in [0.25, 0.3) is 5.91 Å². The first-order valence-electron chi connectivity index (χ1n) is 13.9. The standard InChI is InChI=1S/C31H34N4O3S/c1-19(2)27(35-17-23-6-3-4-7-24(23)30(35)37)31(38)34-15-5-8-25(34)29(36)32-16-20-9-11-22(12-10-20)28-26(21-13-14-21)33-18-39-28/h3-4,6-7,9-12,18-19,21,25,27H,5,8,13-17H2,1-2H3,(H,32,36)/t25-,27?/m0/s1. The molecule has 2 aromatic carbocycles. The van der Waals surface area contributed by atoms with Gasteiger partial charge in [0.1, 0.15) is 12.1 Å². The highest BCUT2D eigenvalue weighted by Gasteiger charge is 2.43. The number of rotatable bonds is 8. The summed E-state index contributed by atoms with van der Waals surface area (Å²) in [5.74, 6) is 0.157. The van der Waals surface area contributed by atoms with Crippen molar-refractivity contribution < 1.29 is 14.4 Å². The lowest BCUT2D eigenvalue weighted by molar-refractivity contribution is -0.143. The molecule has 3 heterocycles. The fraction of sp³-hybridized carbons (Fsp3) is 0.419. The number of likely N-dealkylation sites (tertiary alicyclic amines) is 1. The summed E-state index contributed by atoms with van der Waals surface area (Å²) in [4.78, 5) is 49.5. The van der Waals surface area contributed by atoms with Gasteiger partial charge >= 0.3 is 0 Å². The fourth-order valence-corrected chi connectivity index (χ4v) is 6.84. The lowest BCUT2D eigenvalue weighted by atomic mass is 10.0. The molecule has 1 saturated carbocycles. The third-order valence-electron chi connectivity index (χ3n) is 8.15. The molecule has 8 heteroatoms. The zero-order valence-electron chi connectivity index (χ0n) is 22.4. The average molecular weight is 543 g/mol. The number of benzene rings is 2. The first kappa shape index (κ1) is 25.7. The maximum atomic E-state index is 13.8. The maximum absolute atomic E-state index is 13.8. The van der Waals surface area contributed by atoms with E-state index in [0.29, 0.717) is 37.5 Å². The van der Waals surface area contributed by atoms with Crippen LogP contribution in [0.1, 0.15) is 72.6 Å². The van der Waals surface area contributed by atoms with Gasteiger partial charge in [0.2, 0.25) is 11.8 Å². The molecule has 3 aromatic rings. The van der Waals surface area contributed by atoms with Crippen molar-refractivity contribution in [3.63, 3.8) is 0 Å². The molecule has 0 bridgehead atoms. The smallest absolute Gasteiger partial charge is 0.255 e. The zero-order valence-corrected chi connectivity index (χ0v) is 23.2. The van der Waals surface area contributed by atoms with Crippen molar-refractivity contribution in [1.29, 1.82) is 0 Å². The normalized spacial score (nSPS) is 19.5. The Labute approximate surface area is 233 Å². The van der Waals surface area contributed by atoms with E-state index in [1.54, 1.807) is 21.1 Å². The van der Waals surface area contributed by atoms with Gasteiger partial charge in [0.05, 0.1) is 16.1 Å². The van der Waals surface area contributed by atoms with E-state index >= 15 is 0 Å². The number of thiazole rings is 1. The average Bonchev–Trinajstić information content (AvgIpc) is 3.33. The van der Waals surface area contributed by atoms with Crippen LogP contribution in [0.4, 0.5) is 0 Å². The molecule has 2 aliphatic heterocycles. The summed E-state index contributed by atoms with van der Waals surface area (Å²) in [6.45, 7) is 5.29. The van der Waals surface area contributed by atoms with Crippen LogP contribution in [0.3, 0.4) is 0 Å². The number of nitrogens with one attached hydrogen (secondary N) is 1. The number of carbonyl (C=O) groups excluding carboxylic acids is 3. The quantitative estimate of drug-likeness (QED) is 0.436. The maximum Gasteiger partial charge on any atom is 0.255 e. The van der Waals surface area contributed by atoms with Gasteiger partial charge < -0.3 is 15.1 Å². The zero-order chi connectivity index (χ0) is 27.1. The molecule has 2 fully saturated rings. The lowest BCUT2D eigenvalue weighted by Crippen LogP contribution is -2.55. The van der Waals surface area contributed by atoms with Gasteiger partial charge in [0.15, 0.2) is 0 Å². The van der Waals surface area contributed by atoms with Crippen LogP contribution < -0.4 is 5.32 Å². The minimum Gasteiger partial charge on any atom is -0.350 e. The van der Waals surface area contributed by atoms with Crippen LogP contribution in [0.15, 0.2) is 54.0 Å². The molecule has 1 aliphatic carbocycles. The molecule has 0 radical (unpaired) electrons. The van der Waals surface area contributed by atoms with Crippen LogP contribution >= 0.6 is 11.3 Å². The number of hydrogen-bond acceptors (Lipinski definition) is 5. The second-order valence-electron chi connectivity index (χ2n) is 11.2. The molecule has 1 unspecified atom stereocenters. The summed E-state index contributed by atoms with van der Waals surface area (Å²) in [7, 11) is 0. The molecule has 0 spiro atoms. The number of nitrogens with zero attached hydrogens (tertiary/aromatic N) is 3. The van der Waals surface area contributed by atoms with Gasteiger partial charge in [-0.05, 0) is 54.4 Å². The van der Waals surface area contributed by atoms with Gasteiger partial charge in [-0.15, -0.1) is 11.3 Å². The highest BCUT2D eigenvalue weighted by atomic mass is 32.1. The van der Waals surface area contributed by atoms with Crippen molar-refractivity contribution >= 4 is 29.1 Å². The van der Waals surface area contributed by atoms with Crippen LogP contribution in [0, 0.1) is 5.92 Å². The first-order chi connectivity index (χ1) is 18.9. The van der Waals surface area contributed by atoms with E-state index in [0.717, 1.165) is 17.5 Å². The van der Waals surface area contributed by atoms with Crippen LogP contribution in [-0.4, -0.2) is 51.1 Å². The first-order valence-corrected chi connectivity index (χ1v) is 14.8. The molecule has 3 aliphatic rings. The van der Waals surface area contributed by atoms with Gasteiger partial charge in [-0.2, -0.15) is 0 Å². The third-order valence-corrected chi connectivity index (χ3v) is 9.04. The van der Waals surface area contributed by atoms with Crippen molar-refractivity contribution in [3.05, 3.63) is 76.4 Å². The molecule has 2 atom stereocenters. The number of fused-ring (bicyclic) bond motifs is 1. The van der Waals surface area contributed by atoms with Gasteiger partial charge in [-0.1, -0.05) is 56.3 Å². The fourth-order valence-electron chi connectivity index (χ4n) is 5.95. The van der Waals surface area contributed by atoms with E-state index in [1.807, 2.05) is 43.6 Å². The van der Waals surface area contributed by atoms with Crippen LogP contribution in [-0.2, 0) is 22.7 Å². The monoisotopic (exact) mass is 542 g/mol. The molecule has 1 N–H and O–H groups in total. The summed E-state index contributed by atoms with van der Waals surface area (Å²) < 4.78 is 0. The lowest BCUT2D eigenvalue weighted by Gasteiger charge is -2.35. The molecule has 3 amide bonds. The molecule has 1 saturated heterocycles. The predicted molar refractivity (Wildman–Crippen MR) is 151 cm³/mol. The van der Waals surface area contributed by atoms with Crippen LogP contribution in [0.5, 0.6) is 0 Å². The summed E-state index contributed by atoms with van der Waals surface area (Å²) in [5, 5.41) is 3.06. The van der Waals surface area contributed by atoms with Gasteiger partial charge in [-0.3, -0.25) is 14.4 Å². The number of aromatic nitrogens is 1. The predicted octanol–water partition coefficient (Wildman–Crippen LogP) is 4.98. The Morgan fingerprint density at radius 2 is 1.85 bits per heavy atom. The molecule has 6 rings (SSSR count). The van der Waals surface area contributed by atoms with E-state index in [4.69, 9.17) is 0 Å². The number of carbonyl (C=O) groups is 3. The third kappa shape index (κ3) is 4.98. The highest BCUT2D eigenvalue weighted by Crippen LogP contribution is 2.45. The Hall–Kier alpha value is -3.52. The summed E-state index contributed by atoms with van der Waals surface area (Å²) in [6.07, 6.45) is 3.85. The van der Waals surface area contributed by atoms with Crippen LogP contribution in [0.25, 0.3) is 10.4 Å². The van der Waals surface area contributed by atoms with Crippen molar-refractivity contribution in [2.24, 2.45) is 5.92 Å². The van der Waals surface area contributed by atoms with Crippen molar-refractivity contribution in [2.45, 2.75) is 70.6 Å². The molecule has 7 nitrogen and oxygen atoms in total. The topological polar surface area (TPSA) is 82.6 Å². The van der Waals surface area contributed by atoms with E-state index < -0.39 is 12.1 Å². The number of amides is 3. The Morgan fingerprint density at radius 1 is 1.08 bits per heavy atom. The Balaban J connectivity index is 1.10. The molecule has 202 valence electrons. The molecular formula is C31H34N4O3S. The summed E-state index contributed by atoms with van der Waals surface area (Å²) in [5.41, 5.74) is 6.93. The molecule has 39 heavy (non-hydrogen) atoms. The molecule has 1 aromatic heterocycles. The largest absolute Gasteiger partial charge is 0.350 e. The van der Waals surface area contributed by atoms with Crippen LogP contribution in [0.2, 0.25) is 0 Å². The van der Waals surface area contributed by atoms with Crippen molar-refractivity contribution in [1.82, 2.24) is 20.1 Å². The van der Waals surface area contributed by atoms with E-state index in [-0.39, 0.29) is 23.6 Å². The number of hydrogen-bond donors (Lipinski definition) is 1. The van der Waals surface area contributed by atoms with Gasteiger partial charge in [-0.25, -0.2) is 4.98 Å². The summed E-state index contributed by atoms with van der Waals surface area (Å²) >= 11 is 1.68. The summed E-state index contributed by atoms with van der Waals surface area (Å²) in [6, 6.07) is 14.7. The Morgan fingerprint density at radius 3 is 2.56 bits per heavy atom. The van der Waals surface area contributed by atoms with E-state index in [2.05, 4.69) is 34.6 Å². The Bertz CT molecular complexity index is 1390. The van der Waals surface area contributed by atoms with E-state index in [9.17, 15) is 14.4 Å². The molecular weight excluding hydrogens is 508 g/mol. The van der Waals surface area contributed by atoms with E-state index in [1.165, 1.54) is 29.0 Å². The minimum atomic E-state index is -0.599.